The average Bonchev–Trinajstić information content (AvgIpc) is 2.30. The Morgan fingerprint density at radius 2 is 1.60 bits per heavy atom. The number of rotatable bonds is 11. The number of unbranched alkanes of at least 4 members (excludes halogenated alkanes) is 5. The molecule has 0 spiro atoms. The van der Waals surface area contributed by atoms with E-state index in [1.165, 1.54) is 6.42 Å². The third-order valence-electron chi connectivity index (χ3n) is 2.74. The third kappa shape index (κ3) is 11.1. The van der Waals surface area contributed by atoms with E-state index in [2.05, 4.69) is 6.92 Å². The summed E-state index contributed by atoms with van der Waals surface area (Å²) < 4.78 is 10.6. The van der Waals surface area contributed by atoms with Crippen LogP contribution in [-0.4, -0.2) is 44.5 Å². The van der Waals surface area contributed by atoms with Gasteiger partial charge in [0.25, 0.3) is 5.91 Å². The minimum Gasteiger partial charge on any atom is -0.324 e. The van der Waals surface area contributed by atoms with Gasteiger partial charge in [0.2, 0.25) is 0 Å². The number of amides is 1. The van der Waals surface area contributed by atoms with Gasteiger partial charge < -0.3 is 9.79 Å². The number of Topliss-reactive ketones (excluding diaryl/α,β-unsaturated/α-hetero) is 1. The molecule has 0 rings (SSSR count). The molecule has 0 aliphatic carbocycles. The molecule has 0 aromatic rings. The number of ketones is 1. The van der Waals surface area contributed by atoms with E-state index in [1.54, 1.807) is 0 Å². The molecule has 118 valence electrons. The monoisotopic (exact) mass is 309 g/mol. The summed E-state index contributed by atoms with van der Waals surface area (Å²) in [5.74, 6) is -1.69. The Hall–Kier alpha value is -0.750. The molecule has 0 saturated heterocycles. The van der Waals surface area contributed by atoms with Crippen molar-refractivity contribution in [2.45, 2.75) is 51.9 Å². The van der Waals surface area contributed by atoms with Gasteiger partial charge in [-0.1, -0.05) is 39.0 Å². The van der Waals surface area contributed by atoms with Crippen molar-refractivity contribution >= 4 is 19.3 Å². The highest BCUT2D eigenvalue weighted by atomic mass is 31.2. The molecular formula is C12H24NO6P. The summed E-state index contributed by atoms with van der Waals surface area (Å²) in [6, 6.07) is 0. The lowest BCUT2D eigenvalue weighted by Crippen LogP contribution is -2.30. The van der Waals surface area contributed by atoms with Crippen molar-refractivity contribution in [3.63, 3.8) is 0 Å². The number of hydrogen-bond acceptors (Lipinski definition) is 4. The van der Waals surface area contributed by atoms with E-state index in [0.29, 0.717) is 11.5 Å². The predicted octanol–water partition coefficient (Wildman–Crippen LogP) is 1.70. The third-order valence-corrected chi connectivity index (χ3v) is 3.51. The van der Waals surface area contributed by atoms with Crippen LogP contribution >= 0.6 is 7.60 Å². The van der Waals surface area contributed by atoms with Gasteiger partial charge >= 0.3 is 7.60 Å². The molecule has 0 aliphatic rings. The van der Waals surface area contributed by atoms with Crippen LogP contribution in [-0.2, 0) is 14.2 Å². The highest BCUT2D eigenvalue weighted by molar-refractivity contribution is 7.52. The zero-order valence-electron chi connectivity index (χ0n) is 11.8. The summed E-state index contributed by atoms with van der Waals surface area (Å²) in [7, 11) is -4.45. The number of carbonyl (C=O) groups is 2. The zero-order valence-corrected chi connectivity index (χ0v) is 12.7. The van der Waals surface area contributed by atoms with Gasteiger partial charge in [-0.3, -0.25) is 19.4 Å². The van der Waals surface area contributed by atoms with E-state index in [4.69, 9.17) is 9.79 Å². The minimum absolute atomic E-state index is 0.133. The van der Waals surface area contributed by atoms with Crippen LogP contribution < -0.4 is 0 Å². The minimum atomic E-state index is -4.45. The molecule has 3 N–H and O–H groups in total. The van der Waals surface area contributed by atoms with Crippen LogP contribution in [0.2, 0.25) is 0 Å². The van der Waals surface area contributed by atoms with Gasteiger partial charge in [-0.25, -0.2) is 5.06 Å². The molecule has 20 heavy (non-hydrogen) atoms. The fraction of sp³-hybridized carbons (Fsp3) is 0.833. The van der Waals surface area contributed by atoms with E-state index in [9.17, 15) is 19.4 Å². The van der Waals surface area contributed by atoms with Crippen LogP contribution in [0, 0.1) is 0 Å². The number of nitrogens with zero attached hydrogens (tertiary/aromatic N) is 1. The summed E-state index contributed by atoms with van der Waals surface area (Å²) in [6.45, 7) is 2.25. The van der Waals surface area contributed by atoms with Crippen LogP contribution in [0.4, 0.5) is 0 Å². The van der Waals surface area contributed by atoms with Gasteiger partial charge in [0.1, 0.15) is 6.16 Å². The summed E-state index contributed by atoms with van der Waals surface area (Å²) in [5, 5.41) is 9.86. The van der Waals surface area contributed by atoms with Crippen molar-refractivity contribution in [2.24, 2.45) is 0 Å². The van der Waals surface area contributed by atoms with Crippen molar-refractivity contribution in [3.8, 4) is 0 Å². The second-order valence-electron chi connectivity index (χ2n) is 4.82. The van der Waals surface area contributed by atoms with Gasteiger partial charge in [-0.2, -0.15) is 0 Å². The molecule has 0 aliphatic heterocycles. The maximum Gasteiger partial charge on any atom is 0.332 e. The predicted molar refractivity (Wildman–Crippen MR) is 73.4 cm³/mol. The topological polar surface area (TPSA) is 115 Å². The van der Waals surface area contributed by atoms with E-state index in [0.717, 1.165) is 25.7 Å². The highest BCUT2D eigenvalue weighted by Crippen LogP contribution is 2.34. The first-order valence-electron chi connectivity index (χ1n) is 6.81. The highest BCUT2D eigenvalue weighted by Gasteiger charge is 2.22. The van der Waals surface area contributed by atoms with Gasteiger partial charge in [0.05, 0.1) is 6.42 Å². The van der Waals surface area contributed by atoms with Crippen molar-refractivity contribution in [3.05, 3.63) is 0 Å². The van der Waals surface area contributed by atoms with Crippen LogP contribution in [0.25, 0.3) is 0 Å². The average molecular weight is 309 g/mol. The standard InChI is InChI=1S/C12H24NO6P/c1-2-3-4-5-6-7-8-13(16)12(15)9-11(14)10-20(17,18)19/h16H,2-10H2,1H3,(H2,17,18,19). The van der Waals surface area contributed by atoms with Gasteiger partial charge in [0.15, 0.2) is 5.78 Å². The van der Waals surface area contributed by atoms with E-state index in [-0.39, 0.29) is 6.54 Å². The first-order chi connectivity index (χ1) is 9.26. The van der Waals surface area contributed by atoms with E-state index < -0.39 is 31.9 Å². The Kier molecular flexibility index (Phi) is 9.67. The Bertz CT molecular complexity index is 354. The lowest BCUT2D eigenvalue weighted by Gasteiger charge is -2.14. The maximum atomic E-state index is 11.4. The molecule has 0 heterocycles. The SMILES string of the molecule is CCCCCCCCN(O)C(=O)CC(=O)CP(=O)(O)O. The van der Waals surface area contributed by atoms with Crippen LogP contribution in [0.3, 0.4) is 0 Å². The van der Waals surface area contributed by atoms with Crippen LogP contribution in [0.1, 0.15) is 51.9 Å². The summed E-state index contributed by atoms with van der Waals surface area (Å²) in [6.07, 6.45) is 4.34. The Balaban J connectivity index is 3.81. The second kappa shape index (κ2) is 10.0. The summed E-state index contributed by atoms with van der Waals surface area (Å²) >= 11 is 0. The molecule has 0 unspecified atom stereocenters. The van der Waals surface area contributed by atoms with Gasteiger partial charge in [-0.05, 0) is 6.42 Å². The number of hydrogen-bond donors (Lipinski definition) is 3. The normalized spacial score (nSPS) is 11.4. The van der Waals surface area contributed by atoms with E-state index in [1.807, 2.05) is 0 Å². The largest absolute Gasteiger partial charge is 0.332 e. The number of hydroxylamine groups is 2. The van der Waals surface area contributed by atoms with Gasteiger partial charge in [-0.15, -0.1) is 0 Å². The van der Waals surface area contributed by atoms with Gasteiger partial charge in [0, 0.05) is 6.54 Å². The molecule has 0 atom stereocenters. The molecule has 0 radical (unpaired) electrons. The first-order valence-corrected chi connectivity index (χ1v) is 8.61. The summed E-state index contributed by atoms with van der Waals surface area (Å²) in [5.41, 5.74) is 0. The molecule has 0 aromatic carbocycles. The Morgan fingerprint density at radius 3 is 2.15 bits per heavy atom. The van der Waals surface area contributed by atoms with Crippen LogP contribution in [0.5, 0.6) is 0 Å². The molecule has 0 fully saturated rings. The fourth-order valence-corrected chi connectivity index (χ4v) is 2.28. The molecule has 0 saturated carbocycles. The molecular weight excluding hydrogens is 285 g/mol. The Labute approximate surface area is 119 Å². The smallest absolute Gasteiger partial charge is 0.324 e. The van der Waals surface area contributed by atoms with E-state index >= 15 is 0 Å². The quantitative estimate of drug-likeness (QED) is 0.176. The molecule has 0 bridgehead atoms. The lowest BCUT2D eigenvalue weighted by atomic mass is 10.1. The molecule has 7 nitrogen and oxygen atoms in total. The van der Waals surface area contributed by atoms with Crippen molar-refractivity contribution in [1.29, 1.82) is 0 Å². The zero-order chi connectivity index (χ0) is 15.6. The molecule has 0 aromatic heterocycles. The van der Waals surface area contributed by atoms with Crippen LogP contribution in [0.15, 0.2) is 0 Å². The first kappa shape index (κ1) is 19.2. The fourth-order valence-electron chi connectivity index (χ4n) is 1.71. The van der Waals surface area contributed by atoms with Crippen molar-refractivity contribution in [1.82, 2.24) is 5.06 Å². The number of carbonyl (C=O) groups excluding carboxylic acids is 2. The second-order valence-corrected chi connectivity index (χ2v) is 6.47. The molecule has 8 heteroatoms. The maximum absolute atomic E-state index is 11.4. The Morgan fingerprint density at radius 1 is 1.05 bits per heavy atom. The molecule has 1 amide bonds. The van der Waals surface area contributed by atoms with Crippen molar-refractivity contribution in [2.75, 3.05) is 12.7 Å². The lowest BCUT2D eigenvalue weighted by molar-refractivity contribution is -0.166. The van der Waals surface area contributed by atoms with Crippen molar-refractivity contribution < 1.29 is 29.1 Å². The summed E-state index contributed by atoms with van der Waals surface area (Å²) in [4.78, 5) is 39.8.